The molecule has 0 radical (unpaired) electrons. The second kappa shape index (κ2) is 22.3. The number of hydrogen-bond donors (Lipinski definition) is 0. The number of hydrogen-bond acceptors (Lipinski definition) is 2. The van der Waals surface area contributed by atoms with Crippen molar-refractivity contribution in [3.05, 3.63) is 320 Å². The molecule has 0 atom stereocenters. The first kappa shape index (κ1) is 61.0. The average molecular weight is 1320 g/mol. The molecule has 0 amide bonds. The SMILES string of the molecule is CC(C)(C)c1cccc(-c2cccc(-c3ccccc3)c2N2c3cc(-n4c5ccccc5c5ccccc54)ccc3B3c4ccc(-n5c6ccc7cccc8c9cccc%10ccc5c(c%109)c6c78)cc4N(c4c(-c5ccccc5)cccc4-c4cccc(C(C)(C)C)c4)c4cc(C(C)(C)C)cc2c43)c1. The van der Waals surface area contributed by atoms with Crippen LogP contribution in [-0.2, 0) is 16.2 Å². The van der Waals surface area contributed by atoms with E-state index in [0.717, 1.165) is 78.9 Å². The summed E-state index contributed by atoms with van der Waals surface area (Å²) in [7, 11) is 0. The van der Waals surface area contributed by atoms with Crippen molar-refractivity contribution in [3.8, 4) is 55.9 Å². The molecule has 0 fully saturated rings. The van der Waals surface area contributed by atoms with Gasteiger partial charge in [0.1, 0.15) is 0 Å². The van der Waals surface area contributed by atoms with Crippen LogP contribution in [0.15, 0.2) is 303 Å². The molecule has 492 valence electrons. The van der Waals surface area contributed by atoms with Crippen molar-refractivity contribution in [2.75, 3.05) is 9.80 Å². The van der Waals surface area contributed by atoms with Crippen molar-refractivity contribution >= 4 is 133 Å². The van der Waals surface area contributed by atoms with Crippen molar-refractivity contribution in [2.45, 2.75) is 78.6 Å². The van der Waals surface area contributed by atoms with Gasteiger partial charge < -0.3 is 18.9 Å². The summed E-state index contributed by atoms with van der Waals surface area (Å²) in [6, 6.07) is 116. The molecule has 16 aromatic carbocycles. The van der Waals surface area contributed by atoms with Crippen LogP contribution < -0.4 is 26.2 Å². The van der Waals surface area contributed by atoms with Crippen molar-refractivity contribution in [3.63, 3.8) is 0 Å². The second-order valence-electron chi connectivity index (χ2n) is 32.0. The average Bonchev–Trinajstić information content (AvgIpc) is 1.68. The Labute approximate surface area is 602 Å². The van der Waals surface area contributed by atoms with Crippen molar-refractivity contribution in [1.82, 2.24) is 9.13 Å². The van der Waals surface area contributed by atoms with E-state index < -0.39 is 0 Å². The standard InChI is InChI=1S/C98H77BN4/c1-96(2,3)66-34-20-32-64(54-66)73-40-24-38-71(60-26-12-10-13-27-60)94(73)102-85-58-69(100-81-44-18-16-36-75(81)76-37-17-19-45-82(76)100)48-50-79(85)99-80-51-49-70(101-83-52-46-62-30-22-42-77-78-43-23-31-63-47-53-84(101)92(90(63)78)91(83)89(62)77)59-86(80)103(88-57-68(98(7,8)9)56-87(102)93(88)99)95-72(61-28-14-11-15-29-61)39-25-41-74(95)65-33-21-35-67(55-65)97(4,5)6/h10-59H,1-9H3. The smallest absolute Gasteiger partial charge is 0.252 e. The molecule has 0 N–H and O–H groups in total. The van der Waals surface area contributed by atoms with Crippen LogP contribution in [0.5, 0.6) is 0 Å². The maximum atomic E-state index is 2.74. The van der Waals surface area contributed by atoms with Crippen LogP contribution in [0, 0.1) is 0 Å². The Morgan fingerprint density at radius 2 is 0.621 bits per heavy atom. The van der Waals surface area contributed by atoms with Gasteiger partial charge in [-0.05, 0) is 165 Å². The van der Waals surface area contributed by atoms with Crippen molar-refractivity contribution in [2.24, 2.45) is 0 Å². The highest BCUT2D eigenvalue weighted by atomic mass is 15.2. The number of nitrogens with zero attached hydrogens (tertiary/aromatic N) is 4. The molecule has 0 saturated heterocycles. The Morgan fingerprint density at radius 3 is 1.06 bits per heavy atom. The summed E-state index contributed by atoms with van der Waals surface area (Å²) in [4.78, 5) is 5.47. The number of aromatic nitrogens is 2. The van der Waals surface area contributed by atoms with Crippen LogP contribution in [0.25, 0.3) is 132 Å². The van der Waals surface area contributed by atoms with Gasteiger partial charge in [0.25, 0.3) is 6.71 Å². The van der Waals surface area contributed by atoms with Crippen LogP contribution in [0.1, 0.15) is 79.0 Å². The molecule has 2 aliphatic heterocycles. The number of benzene rings is 16. The first-order valence-corrected chi connectivity index (χ1v) is 36.6. The van der Waals surface area contributed by atoms with Gasteiger partial charge in [0.15, 0.2) is 0 Å². The van der Waals surface area contributed by atoms with Crippen LogP contribution in [0.3, 0.4) is 0 Å². The molecule has 103 heavy (non-hydrogen) atoms. The fraction of sp³-hybridized carbons (Fsp3) is 0.122. The number of para-hydroxylation sites is 4. The Morgan fingerprint density at radius 1 is 0.252 bits per heavy atom. The first-order valence-electron chi connectivity index (χ1n) is 36.6. The van der Waals surface area contributed by atoms with E-state index in [-0.39, 0.29) is 23.0 Å². The Kier molecular flexibility index (Phi) is 13.2. The minimum Gasteiger partial charge on any atom is -0.310 e. The van der Waals surface area contributed by atoms with E-state index in [1.54, 1.807) is 0 Å². The van der Waals surface area contributed by atoms with Crippen LogP contribution >= 0.6 is 0 Å². The van der Waals surface area contributed by atoms with Crippen molar-refractivity contribution < 1.29 is 0 Å². The Bertz CT molecular complexity index is 6350. The fourth-order valence-electron chi connectivity index (χ4n) is 17.9. The fourth-order valence-corrected chi connectivity index (χ4v) is 17.9. The zero-order valence-corrected chi connectivity index (χ0v) is 59.7. The zero-order chi connectivity index (χ0) is 69.5. The molecule has 18 aromatic rings. The first-order chi connectivity index (χ1) is 50.0. The summed E-state index contributed by atoms with van der Waals surface area (Å²) in [5, 5.41) is 12.9. The van der Waals surface area contributed by atoms with Crippen LogP contribution in [0.4, 0.5) is 34.1 Å². The summed E-state index contributed by atoms with van der Waals surface area (Å²) in [6.07, 6.45) is 0. The van der Waals surface area contributed by atoms with Gasteiger partial charge in [0.2, 0.25) is 0 Å². The van der Waals surface area contributed by atoms with Crippen LogP contribution in [-0.4, -0.2) is 15.8 Å². The minimum absolute atomic E-state index is 0.0959. The van der Waals surface area contributed by atoms with Gasteiger partial charge >= 0.3 is 0 Å². The van der Waals surface area contributed by atoms with E-state index >= 15 is 0 Å². The molecule has 0 saturated carbocycles. The lowest BCUT2D eigenvalue weighted by Gasteiger charge is -2.46. The molecule has 0 spiro atoms. The number of rotatable bonds is 8. The van der Waals surface area contributed by atoms with Gasteiger partial charge in [-0.15, -0.1) is 0 Å². The van der Waals surface area contributed by atoms with E-state index in [4.69, 9.17) is 0 Å². The topological polar surface area (TPSA) is 16.3 Å². The normalized spacial score (nSPS) is 13.2. The summed E-state index contributed by atoms with van der Waals surface area (Å²) >= 11 is 0. The van der Waals surface area contributed by atoms with Gasteiger partial charge in [-0.25, -0.2) is 0 Å². The molecular formula is C98H77BN4. The summed E-state index contributed by atoms with van der Waals surface area (Å²) in [6.45, 7) is 21.0. The maximum Gasteiger partial charge on any atom is 0.252 e. The predicted molar refractivity (Wildman–Crippen MR) is 442 cm³/mol. The monoisotopic (exact) mass is 1320 g/mol. The van der Waals surface area contributed by atoms with Gasteiger partial charge in [0, 0.05) is 77.9 Å². The third-order valence-electron chi connectivity index (χ3n) is 22.8. The molecule has 2 aliphatic rings. The second-order valence-corrected chi connectivity index (χ2v) is 32.0. The molecule has 0 aliphatic carbocycles. The van der Waals surface area contributed by atoms with E-state index in [9.17, 15) is 0 Å². The molecule has 4 nitrogen and oxygen atoms in total. The molecule has 2 aromatic heterocycles. The maximum absolute atomic E-state index is 2.74. The van der Waals surface area contributed by atoms with Gasteiger partial charge in [0.05, 0.1) is 33.4 Å². The van der Waals surface area contributed by atoms with Gasteiger partial charge in [-0.2, -0.15) is 0 Å². The number of fused-ring (bicyclic) bond motifs is 8. The molecule has 5 heteroatoms. The molecular weight excluding hydrogens is 1240 g/mol. The third-order valence-corrected chi connectivity index (χ3v) is 22.8. The highest BCUT2D eigenvalue weighted by molar-refractivity contribution is 7.00. The minimum atomic E-state index is -0.324. The van der Waals surface area contributed by atoms with E-state index in [2.05, 4.69) is 385 Å². The van der Waals surface area contributed by atoms with E-state index in [1.807, 2.05) is 0 Å². The lowest BCUT2D eigenvalue weighted by atomic mass is 9.33. The molecule has 20 rings (SSSR count). The molecule has 4 heterocycles. The Balaban J connectivity index is 0.958. The van der Waals surface area contributed by atoms with E-state index in [1.165, 1.54) is 120 Å². The summed E-state index contributed by atoms with van der Waals surface area (Å²) in [5.74, 6) is 0. The largest absolute Gasteiger partial charge is 0.310 e. The van der Waals surface area contributed by atoms with Crippen molar-refractivity contribution in [1.29, 1.82) is 0 Å². The van der Waals surface area contributed by atoms with E-state index in [0.29, 0.717) is 0 Å². The lowest BCUT2D eigenvalue weighted by molar-refractivity contribution is 0.590. The summed E-state index contributed by atoms with van der Waals surface area (Å²) < 4.78 is 5.10. The van der Waals surface area contributed by atoms with Gasteiger partial charge in [-0.3, -0.25) is 0 Å². The molecule has 0 unspecified atom stereocenters. The quantitative estimate of drug-likeness (QED) is 0.0856. The summed E-state index contributed by atoms with van der Waals surface area (Å²) in [5.41, 5.74) is 30.2. The third kappa shape index (κ3) is 9.17. The zero-order valence-electron chi connectivity index (χ0n) is 59.7. The molecule has 0 bridgehead atoms. The highest BCUT2D eigenvalue weighted by Crippen LogP contribution is 2.56. The predicted octanol–water partition coefficient (Wildman–Crippen LogP) is 24.9. The van der Waals surface area contributed by atoms with Gasteiger partial charge in [-0.1, -0.05) is 305 Å². The van der Waals surface area contributed by atoms with Crippen LogP contribution in [0.2, 0.25) is 0 Å². The highest BCUT2D eigenvalue weighted by Gasteiger charge is 2.46. The number of anilines is 6. The Hall–Kier alpha value is -11.9. The lowest BCUT2D eigenvalue weighted by Crippen LogP contribution is -2.61.